The Balaban J connectivity index is 4.48. The third-order valence-electron chi connectivity index (χ3n) is 2.05. The Kier molecular flexibility index (Phi) is 6.04. The Morgan fingerprint density at radius 2 is 1.60 bits per heavy atom. The molecule has 0 bridgehead atoms. The van der Waals surface area contributed by atoms with Crippen LogP contribution in [0.5, 0.6) is 0 Å². The average molecular weight is 238 g/mol. The second-order valence-corrected chi connectivity index (χ2v) is 6.61. The van der Waals surface area contributed by atoms with Crippen molar-refractivity contribution < 1.29 is 18.7 Å². The van der Waals surface area contributed by atoms with Gasteiger partial charge in [0.2, 0.25) is 0 Å². The summed E-state index contributed by atoms with van der Waals surface area (Å²) in [4.78, 5) is 0. The van der Waals surface area contributed by atoms with Crippen LogP contribution in [-0.2, 0) is 13.6 Å². The molecule has 0 aliphatic carbocycles. The minimum absolute atomic E-state index is 0.0537. The minimum atomic E-state index is -3.12. The molecule has 0 spiro atoms. The van der Waals surface area contributed by atoms with E-state index in [1.165, 1.54) is 0 Å². The molecule has 4 nitrogen and oxygen atoms in total. The van der Waals surface area contributed by atoms with Crippen molar-refractivity contribution in [2.75, 3.05) is 19.4 Å². The molecular weight excluding hydrogens is 215 g/mol. The lowest BCUT2D eigenvalue weighted by molar-refractivity contribution is 0.0740. The molecule has 0 aliphatic rings. The zero-order valence-corrected chi connectivity index (χ0v) is 11.2. The number of rotatable bonds is 6. The van der Waals surface area contributed by atoms with E-state index in [1.807, 2.05) is 20.8 Å². The van der Waals surface area contributed by atoms with Crippen LogP contribution in [0.2, 0.25) is 0 Å². The molecule has 0 rings (SSSR count). The average Bonchev–Trinajstić information content (AvgIpc) is 2.02. The monoisotopic (exact) mass is 238 g/mol. The van der Waals surface area contributed by atoms with Gasteiger partial charge in [-0.2, -0.15) is 0 Å². The highest BCUT2D eigenvalue weighted by Crippen LogP contribution is 2.50. The van der Waals surface area contributed by atoms with Gasteiger partial charge >= 0.3 is 7.60 Å². The summed E-state index contributed by atoms with van der Waals surface area (Å²) in [6.45, 7) is 9.84. The van der Waals surface area contributed by atoms with Crippen LogP contribution < -0.4 is 0 Å². The van der Waals surface area contributed by atoms with Crippen molar-refractivity contribution in [2.24, 2.45) is 5.41 Å². The van der Waals surface area contributed by atoms with E-state index < -0.39 is 13.7 Å². The van der Waals surface area contributed by atoms with Crippen LogP contribution in [0.15, 0.2) is 0 Å². The van der Waals surface area contributed by atoms with Crippen LogP contribution in [0, 0.1) is 5.41 Å². The summed E-state index contributed by atoms with van der Waals surface area (Å²) < 4.78 is 22.3. The molecule has 0 saturated carbocycles. The first-order valence-corrected chi connectivity index (χ1v) is 7.04. The van der Waals surface area contributed by atoms with E-state index in [0.717, 1.165) is 0 Å². The van der Waals surface area contributed by atoms with E-state index in [2.05, 4.69) is 0 Å². The van der Waals surface area contributed by atoms with Gasteiger partial charge in [-0.25, -0.2) is 0 Å². The van der Waals surface area contributed by atoms with Crippen molar-refractivity contribution in [1.29, 1.82) is 0 Å². The SMILES string of the molecule is CCOP(=O)(C[C@@H](O)C(C)(C)C)OCC. The normalized spacial score (nSPS) is 15.3. The zero-order chi connectivity index (χ0) is 12.1. The van der Waals surface area contributed by atoms with E-state index >= 15 is 0 Å². The van der Waals surface area contributed by atoms with Gasteiger partial charge in [-0.05, 0) is 19.3 Å². The smallest absolute Gasteiger partial charge is 0.333 e. The summed E-state index contributed by atoms with van der Waals surface area (Å²) in [6, 6.07) is 0. The number of aliphatic hydroxyl groups excluding tert-OH is 1. The Bertz CT molecular complexity index is 212. The Morgan fingerprint density at radius 3 is 1.87 bits per heavy atom. The molecule has 0 aromatic heterocycles. The first-order chi connectivity index (χ1) is 6.75. The third-order valence-corrected chi connectivity index (χ3v) is 4.14. The lowest BCUT2D eigenvalue weighted by Gasteiger charge is -2.28. The molecule has 0 aromatic rings. The fourth-order valence-electron chi connectivity index (χ4n) is 1.02. The van der Waals surface area contributed by atoms with E-state index in [1.54, 1.807) is 13.8 Å². The van der Waals surface area contributed by atoms with Gasteiger partial charge in [-0.3, -0.25) is 4.57 Å². The van der Waals surface area contributed by atoms with Crippen LogP contribution in [0.1, 0.15) is 34.6 Å². The molecule has 0 unspecified atom stereocenters. The van der Waals surface area contributed by atoms with Gasteiger partial charge in [0.1, 0.15) is 0 Å². The van der Waals surface area contributed by atoms with E-state index in [9.17, 15) is 9.67 Å². The first kappa shape index (κ1) is 15.1. The van der Waals surface area contributed by atoms with Crippen LogP contribution >= 0.6 is 7.60 Å². The number of hydrogen-bond acceptors (Lipinski definition) is 4. The second kappa shape index (κ2) is 6.00. The minimum Gasteiger partial charge on any atom is -0.392 e. The molecule has 5 heteroatoms. The predicted octanol–water partition coefficient (Wildman–Crippen LogP) is 2.66. The van der Waals surface area contributed by atoms with Crippen molar-refractivity contribution in [3.8, 4) is 0 Å². The first-order valence-electron chi connectivity index (χ1n) is 5.31. The Hall–Kier alpha value is 0.110. The fourth-order valence-corrected chi connectivity index (χ4v) is 3.07. The Morgan fingerprint density at radius 1 is 1.20 bits per heavy atom. The van der Waals surface area contributed by atoms with Gasteiger partial charge in [0, 0.05) is 0 Å². The van der Waals surface area contributed by atoms with Gasteiger partial charge < -0.3 is 14.2 Å². The molecule has 1 N–H and O–H groups in total. The highest BCUT2D eigenvalue weighted by atomic mass is 31.2. The summed E-state index contributed by atoms with van der Waals surface area (Å²) >= 11 is 0. The van der Waals surface area contributed by atoms with Crippen molar-refractivity contribution in [3.05, 3.63) is 0 Å². The summed E-state index contributed by atoms with van der Waals surface area (Å²) in [6.07, 6.45) is -0.639. The molecule has 92 valence electrons. The molecule has 0 heterocycles. The molecule has 15 heavy (non-hydrogen) atoms. The molecule has 0 fully saturated rings. The summed E-state index contributed by atoms with van der Waals surface area (Å²) in [7, 11) is -3.12. The molecule has 0 radical (unpaired) electrons. The molecule has 1 atom stereocenters. The van der Waals surface area contributed by atoms with Crippen LogP contribution in [0.25, 0.3) is 0 Å². The van der Waals surface area contributed by atoms with Crippen LogP contribution in [-0.4, -0.2) is 30.6 Å². The Labute approximate surface area is 92.5 Å². The molecular formula is C10H23O4P. The molecule has 0 amide bonds. The van der Waals surface area contributed by atoms with Crippen LogP contribution in [0.4, 0.5) is 0 Å². The largest absolute Gasteiger partial charge is 0.392 e. The quantitative estimate of drug-likeness (QED) is 0.723. The van der Waals surface area contributed by atoms with Crippen molar-refractivity contribution in [3.63, 3.8) is 0 Å². The standard InChI is InChI=1S/C10H23O4P/c1-6-13-15(12,14-7-2)8-9(11)10(3,4)5/h9,11H,6-8H2,1-5H3/t9-/m1/s1. The van der Waals surface area contributed by atoms with Crippen molar-refractivity contribution >= 4 is 7.60 Å². The van der Waals surface area contributed by atoms with Gasteiger partial charge in [-0.15, -0.1) is 0 Å². The highest BCUT2D eigenvalue weighted by Gasteiger charge is 2.33. The maximum absolute atomic E-state index is 12.1. The van der Waals surface area contributed by atoms with E-state index in [-0.39, 0.29) is 11.6 Å². The van der Waals surface area contributed by atoms with Crippen molar-refractivity contribution in [1.82, 2.24) is 0 Å². The summed E-state index contributed by atoms with van der Waals surface area (Å²) in [5.74, 6) is 0. The van der Waals surface area contributed by atoms with E-state index in [0.29, 0.717) is 13.2 Å². The van der Waals surface area contributed by atoms with Crippen molar-refractivity contribution in [2.45, 2.75) is 40.7 Å². The molecule has 0 aromatic carbocycles. The molecule has 0 saturated heterocycles. The predicted molar refractivity (Wildman–Crippen MR) is 61.2 cm³/mol. The lowest BCUT2D eigenvalue weighted by Crippen LogP contribution is -2.30. The van der Waals surface area contributed by atoms with Gasteiger partial charge in [0.05, 0.1) is 25.5 Å². The van der Waals surface area contributed by atoms with E-state index in [4.69, 9.17) is 9.05 Å². The maximum atomic E-state index is 12.1. The van der Waals surface area contributed by atoms with Gasteiger partial charge in [0.25, 0.3) is 0 Å². The summed E-state index contributed by atoms with van der Waals surface area (Å²) in [5.41, 5.74) is -0.316. The third kappa shape index (κ3) is 5.67. The fraction of sp³-hybridized carbons (Fsp3) is 1.00. The summed E-state index contributed by atoms with van der Waals surface area (Å²) in [5, 5.41) is 9.84. The number of hydrogen-bond donors (Lipinski definition) is 1. The second-order valence-electron chi connectivity index (χ2n) is 4.51. The highest BCUT2D eigenvalue weighted by molar-refractivity contribution is 7.53. The number of aliphatic hydroxyl groups is 1. The topological polar surface area (TPSA) is 55.8 Å². The van der Waals surface area contributed by atoms with Crippen LogP contribution in [0.3, 0.4) is 0 Å². The lowest BCUT2D eigenvalue weighted by atomic mass is 9.90. The van der Waals surface area contributed by atoms with Gasteiger partial charge in [0.15, 0.2) is 0 Å². The maximum Gasteiger partial charge on any atom is 0.333 e. The van der Waals surface area contributed by atoms with Gasteiger partial charge in [-0.1, -0.05) is 20.8 Å². The zero-order valence-electron chi connectivity index (χ0n) is 10.3. The molecule has 0 aliphatic heterocycles.